The molecule has 0 fully saturated rings. The van der Waals surface area contributed by atoms with E-state index in [4.69, 9.17) is 9.84 Å². The summed E-state index contributed by atoms with van der Waals surface area (Å²) in [5, 5.41) is 8.84. The summed E-state index contributed by atoms with van der Waals surface area (Å²) in [6, 6.07) is 18.5. The summed E-state index contributed by atoms with van der Waals surface area (Å²) in [7, 11) is 1.83. The Morgan fingerprint density at radius 2 is 1.75 bits per heavy atom. The lowest BCUT2D eigenvalue weighted by Crippen LogP contribution is -2.35. The van der Waals surface area contributed by atoms with Crippen molar-refractivity contribution < 1.29 is 14.6 Å². The van der Waals surface area contributed by atoms with E-state index in [9.17, 15) is 4.79 Å². The largest absolute Gasteiger partial charge is 0.493 e. The molecule has 1 atom stereocenters. The smallest absolute Gasteiger partial charge is 0.317 e. The topological polar surface area (TPSA) is 49.8 Å². The summed E-state index contributed by atoms with van der Waals surface area (Å²) in [6.07, 6.45) is 1.70. The van der Waals surface area contributed by atoms with Crippen LogP contribution in [0.25, 0.3) is 0 Å². The zero-order valence-corrected chi connectivity index (χ0v) is 14.3. The number of nitrogens with zero attached hydrogens (tertiary/aromatic N) is 1. The SMILES string of the molecule is CC(Cc1ccc(OCCc2ccccc2)cc1)N(C)CC(=O)O. The molecule has 0 amide bonds. The number of carboxylic acids is 1. The molecule has 2 aromatic carbocycles. The van der Waals surface area contributed by atoms with Gasteiger partial charge in [-0.05, 0) is 43.7 Å². The molecule has 4 heteroatoms. The highest BCUT2D eigenvalue weighted by atomic mass is 16.5. The Hall–Kier alpha value is -2.33. The number of hydrogen-bond acceptors (Lipinski definition) is 3. The maximum absolute atomic E-state index is 10.8. The maximum atomic E-state index is 10.8. The zero-order valence-electron chi connectivity index (χ0n) is 14.3. The lowest BCUT2D eigenvalue weighted by atomic mass is 10.1. The fourth-order valence-electron chi connectivity index (χ4n) is 2.52. The average Bonchev–Trinajstić information content (AvgIpc) is 2.57. The third-order valence-corrected chi connectivity index (χ3v) is 4.09. The summed E-state index contributed by atoms with van der Waals surface area (Å²) in [4.78, 5) is 12.6. The van der Waals surface area contributed by atoms with Crippen molar-refractivity contribution in [3.8, 4) is 5.75 Å². The highest BCUT2D eigenvalue weighted by Crippen LogP contribution is 2.15. The minimum atomic E-state index is -0.800. The van der Waals surface area contributed by atoms with Crippen LogP contribution in [0.2, 0.25) is 0 Å². The summed E-state index contributed by atoms with van der Waals surface area (Å²) in [5.41, 5.74) is 2.44. The van der Waals surface area contributed by atoms with Gasteiger partial charge in [-0.25, -0.2) is 0 Å². The van der Waals surface area contributed by atoms with E-state index in [2.05, 4.69) is 12.1 Å². The van der Waals surface area contributed by atoms with Gasteiger partial charge < -0.3 is 9.84 Å². The van der Waals surface area contributed by atoms with Gasteiger partial charge in [0, 0.05) is 12.5 Å². The van der Waals surface area contributed by atoms with E-state index in [0.29, 0.717) is 6.61 Å². The van der Waals surface area contributed by atoms with Gasteiger partial charge in [0.1, 0.15) is 5.75 Å². The van der Waals surface area contributed by atoms with E-state index in [-0.39, 0.29) is 12.6 Å². The first-order chi connectivity index (χ1) is 11.5. The normalized spacial score (nSPS) is 12.1. The highest BCUT2D eigenvalue weighted by molar-refractivity contribution is 5.69. The first-order valence-corrected chi connectivity index (χ1v) is 8.22. The number of carboxylic acid groups (broad SMARTS) is 1. The van der Waals surface area contributed by atoms with Crippen molar-refractivity contribution in [2.24, 2.45) is 0 Å². The molecule has 0 bridgehead atoms. The van der Waals surface area contributed by atoms with Crippen LogP contribution in [0.5, 0.6) is 5.75 Å². The summed E-state index contributed by atoms with van der Waals surface area (Å²) in [5.74, 6) is 0.0627. The molecule has 2 aromatic rings. The number of hydrogen-bond donors (Lipinski definition) is 1. The van der Waals surface area contributed by atoms with Gasteiger partial charge in [0.25, 0.3) is 0 Å². The molecule has 4 nitrogen and oxygen atoms in total. The Kier molecular flexibility index (Phi) is 6.82. The lowest BCUT2D eigenvalue weighted by molar-refractivity contribution is -0.138. The molecule has 1 unspecified atom stereocenters. The molecule has 0 heterocycles. The molecule has 0 aliphatic carbocycles. The molecule has 1 N–H and O–H groups in total. The number of benzene rings is 2. The van der Waals surface area contributed by atoms with Crippen LogP contribution in [0, 0.1) is 0 Å². The Labute approximate surface area is 143 Å². The zero-order chi connectivity index (χ0) is 17.4. The van der Waals surface area contributed by atoms with Crippen molar-refractivity contribution in [3.05, 3.63) is 65.7 Å². The third-order valence-electron chi connectivity index (χ3n) is 4.09. The van der Waals surface area contributed by atoms with Crippen LogP contribution in [-0.4, -0.2) is 42.2 Å². The summed E-state index contributed by atoms with van der Waals surface area (Å²) < 4.78 is 5.78. The van der Waals surface area contributed by atoms with Gasteiger partial charge >= 0.3 is 5.97 Å². The molecule has 24 heavy (non-hydrogen) atoms. The molecular weight excluding hydrogens is 302 g/mol. The van der Waals surface area contributed by atoms with E-state index < -0.39 is 5.97 Å². The first kappa shape index (κ1) is 18.0. The number of rotatable bonds is 9. The lowest BCUT2D eigenvalue weighted by Gasteiger charge is -2.22. The van der Waals surface area contributed by atoms with Crippen LogP contribution in [0.15, 0.2) is 54.6 Å². The van der Waals surface area contributed by atoms with Crippen LogP contribution >= 0.6 is 0 Å². The first-order valence-electron chi connectivity index (χ1n) is 8.22. The quantitative estimate of drug-likeness (QED) is 0.768. The second kappa shape index (κ2) is 9.08. The Bertz CT molecular complexity index is 625. The predicted molar refractivity (Wildman–Crippen MR) is 95.5 cm³/mol. The fourth-order valence-corrected chi connectivity index (χ4v) is 2.52. The highest BCUT2D eigenvalue weighted by Gasteiger charge is 2.12. The fraction of sp³-hybridized carbons (Fsp3) is 0.350. The van der Waals surface area contributed by atoms with Gasteiger partial charge in [-0.2, -0.15) is 0 Å². The van der Waals surface area contributed by atoms with Crippen molar-refractivity contribution in [2.75, 3.05) is 20.2 Å². The minimum Gasteiger partial charge on any atom is -0.493 e. The van der Waals surface area contributed by atoms with Gasteiger partial charge in [0.2, 0.25) is 0 Å². The van der Waals surface area contributed by atoms with Crippen molar-refractivity contribution in [3.63, 3.8) is 0 Å². The van der Waals surface area contributed by atoms with Gasteiger partial charge in [-0.3, -0.25) is 9.69 Å². The summed E-state index contributed by atoms with van der Waals surface area (Å²) in [6.45, 7) is 2.75. The van der Waals surface area contributed by atoms with Gasteiger partial charge in [0.15, 0.2) is 0 Å². The average molecular weight is 327 g/mol. The van der Waals surface area contributed by atoms with Crippen LogP contribution < -0.4 is 4.74 Å². The van der Waals surface area contributed by atoms with E-state index in [1.165, 1.54) is 11.1 Å². The molecule has 0 radical (unpaired) electrons. The standard InChI is InChI=1S/C20H25NO3/c1-16(21(2)15-20(22)23)14-18-8-10-19(11-9-18)24-13-12-17-6-4-3-5-7-17/h3-11,16H,12-15H2,1-2H3,(H,22,23). The molecule has 0 saturated carbocycles. The van der Waals surface area contributed by atoms with Crippen LogP contribution in [0.1, 0.15) is 18.1 Å². The van der Waals surface area contributed by atoms with Crippen LogP contribution in [-0.2, 0) is 17.6 Å². The molecule has 0 aliphatic rings. The Morgan fingerprint density at radius 1 is 1.08 bits per heavy atom. The van der Waals surface area contributed by atoms with Crippen molar-refractivity contribution >= 4 is 5.97 Å². The summed E-state index contributed by atoms with van der Waals surface area (Å²) >= 11 is 0. The number of likely N-dealkylation sites (N-methyl/N-ethyl adjacent to an activating group) is 1. The maximum Gasteiger partial charge on any atom is 0.317 e. The third kappa shape index (κ3) is 6.05. The second-order valence-electron chi connectivity index (χ2n) is 6.09. The number of aliphatic carboxylic acids is 1. The second-order valence-corrected chi connectivity index (χ2v) is 6.09. The van der Waals surface area contributed by atoms with Gasteiger partial charge in [-0.1, -0.05) is 42.5 Å². The monoisotopic (exact) mass is 327 g/mol. The van der Waals surface area contributed by atoms with Crippen molar-refractivity contribution in [2.45, 2.75) is 25.8 Å². The number of carbonyl (C=O) groups is 1. The van der Waals surface area contributed by atoms with Crippen LogP contribution in [0.3, 0.4) is 0 Å². The van der Waals surface area contributed by atoms with Crippen LogP contribution in [0.4, 0.5) is 0 Å². The number of ether oxygens (including phenoxy) is 1. The van der Waals surface area contributed by atoms with Gasteiger partial charge in [0.05, 0.1) is 13.2 Å². The molecule has 0 aromatic heterocycles. The van der Waals surface area contributed by atoms with Crippen molar-refractivity contribution in [1.29, 1.82) is 0 Å². The van der Waals surface area contributed by atoms with Crippen molar-refractivity contribution in [1.82, 2.24) is 4.90 Å². The molecule has 0 spiro atoms. The molecule has 2 rings (SSSR count). The molecule has 0 aliphatic heterocycles. The Morgan fingerprint density at radius 3 is 2.38 bits per heavy atom. The van der Waals surface area contributed by atoms with Gasteiger partial charge in [-0.15, -0.1) is 0 Å². The van der Waals surface area contributed by atoms with E-state index in [0.717, 1.165) is 18.6 Å². The Balaban J connectivity index is 1.79. The predicted octanol–water partition coefficient (Wildman–Crippen LogP) is 3.26. The minimum absolute atomic E-state index is 0.0574. The van der Waals surface area contributed by atoms with E-state index >= 15 is 0 Å². The molecular formula is C20H25NO3. The van der Waals surface area contributed by atoms with E-state index in [1.807, 2.05) is 61.3 Å². The van der Waals surface area contributed by atoms with E-state index in [1.54, 1.807) is 0 Å². The molecule has 128 valence electrons. The molecule has 0 saturated heterocycles.